The Hall–Kier alpha value is -2.78. The number of aromatic nitrogens is 2. The van der Waals surface area contributed by atoms with Gasteiger partial charge in [0.25, 0.3) is 5.91 Å². The van der Waals surface area contributed by atoms with E-state index in [1.54, 1.807) is 4.90 Å². The van der Waals surface area contributed by atoms with Gasteiger partial charge in [0.1, 0.15) is 17.8 Å². The van der Waals surface area contributed by atoms with Crippen LogP contribution in [0.25, 0.3) is 0 Å². The molecule has 1 N–H and O–H groups in total. The van der Waals surface area contributed by atoms with Gasteiger partial charge < -0.3 is 10.2 Å². The largest absolute Gasteiger partial charge is 0.433 e. The van der Waals surface area contributed by atoms with Gasteiger partial charge in [-0.25, -0.2) is 18.7 Å². The Morgan fingerprint density at radius 2 is 1.78 bits per heavy atom. The van der Waals surface area contributed by atoms with E-state index >= 15 is 0 Å². The van der Waals surface area contributed by atoms with Crippen molar-refractivity contribution >= 4 is 11.7 Å². The summed E-state index contributed by atoms with van der Waals surface area (Å²) in [6.07, 6.45) is -2.73. The number of benzene rings is 1. The van der Waals surface area contributed by atoms with Crippen molar-refractivity contribution < 1.29 is 26.7 Å². The van der Waals surface area contributed by atoms with Crippen molar-refractivity contribution in [3.8, 4) is 0 Å². The molecule has 1 aliphatic rings. The first kappa shape index (κ1) is 19.0. The molecule has 10 heteroatoms. The van der Waals surface area contributed by atoms with Gasteiger partial charge >= 0.3 is 6.18 Å². The average molecular weight is 386 g/mol. The molecule has 2 aromatic rings. The molecule has 1 aromatic heterocycles. The van der Waals surface area contributed by atoms with Crippen LogP contribution in [0.5, 0.6) is 0 Å². The summed E-state index contributed by atoms with van der Waals surface area (Å²) < 4.78 is 64.4. The lowest BCUT2D eigenvalue weighted by molar-refractivity contribution is -0.141. The summed E-state index contributed by atoms with van der Waals surface area (Å²) in [4.78, 5) is 20.9. The van der Waals surface area contributed by atoms with E-state index < -0.39 is 29.4 Å². The lowest BCUT2D eigenvalue weighted by atomic mass is 10.0. The summed E-state index contributed by atoms with van der Waals surface area (Å²) in [5, 5.41) is 2.72. The van der Waals surface area contributed by atoms with Gasteiger partial charge in [-0.3, -0.25) is 4.79 Å². The van der Waals surface area contributed by atoms with Crippen molar-refractivity contribution in [3.63, 3.8) is 0 Å². The number of hydrogen-bond acceptors (Lipinski definition) is 4. The second-order valence-corrected chi connectivity index (χ2v) is 6.12. The monoisotopic (exact) mass is 386 g/mol. The first-order chi connectivity index (χ1) is 12.7. The van der Waals surface area contributed by atoms with E-state index in [0.29, 0.717) is 25.9 Å². The Balaban J connectivity index is 1.59. The van der Waals surface area contributed by atoms with Gasteiger partial charge in [-0.05, 0) is 31.0 Å². The molecule has 0 spiro atoms. The zero-order valence-electron chi connectivity index (χ0n) is 13.9. The number of rotatable bonds is 3. The van der Waals surface area contributed by atoms with Crippen LogP contribution in [-0.4, -0.2) is 35.0 Å². The lowest BCUT2D eigenvalue weighted by Crippen LogP contribution is -2.45. The first-order valence-corrected chi connectivity index (χ1v) is 8.14. The van der Waals surface area contributed by atoms with E-state index in [-0.39, 0.29) is 17.4 Å². The molecule has 5 nitrogen and oxygen atoms in total. The van der Waals surface area contributed by atoms with Crippen LogP contribution in [0.15, 0.2) is 30.6 Å². The summed E-state index contributed by atoms with van der Waals surface area (Å²) >= 11 is 0. The Morgan fingerprint density at radius 3 is 2.41 bits per heavy atom. The number of anilines is 1. The molecule has 1 amide bonds. The Kier molecular flexibility index (Phi) is 5.24. The number of carbonyl (C=O) groups is 1. The van der Waals surface area contributed by atoms with Gasteiger partial charge in [0, 0.05) is 30.8 Å². The van der Waals surface area contributed by atoms with Gasteiger partial charge in [-0.1, -0.05) is 0 Å². The molecule has 1 fully saturated rings. The molecule has 1 saturated heterocycles. The Labute approximate surface area is 151 Å². The quantitative estimate of drug-likeness (QED) is 0.824. The van der Waals surface area contributed by atoms with Gasteiger partial charge in [0.05, 0.1) is 0 Å². The fraction of sp³-hybridized carbons (Fsp3) is 0.353. The van der Waals surface area contributed by atoms with Crippen molar-refractivity contribution in [3.05, 3.63) is 53.5 Å². The summed E-state index contributed by atoms with van der Waals surface area (Å²) in [5.41, 5.74) is -1.01. The number of alkyl halides is 3. The zero-order chi connectivity index (χ0) is 19.6. The average Bonchev–Trinajstić information content (AvgIpc) is 2.64. The molecule has 1 aliphatic heterocycles. The minimum absolute atomic E-state index is 0.00180. The minimum Gasteiger partial charge on any atom is -0.356 e. The third-order valence-electron chi connectivity index (χ3n) is 4.28. The van der Waals surface area contributed by atoms with Crippen molar-refractivity contribution in [2.45, 2.75) is 25.1 Å². The van der Waals surface area contributed by atoms with Crippen LogP contribution in [0.2, 0.25) is 0 Å². The topological polar surface area (TPSA) is 58.1 Å². The fourth-order valence-electron chi connectivity index (χ4n) is 2.83. The highest BCUT2D eigenvalue weighted by molar-refractivity contribution is 5.94. The number of halogens is 5. The molecule has 1 aromatic carbocycles. The van der Waals surface area contributed by atoms with Crippen LogP contribution in [0.4, 0.5) is 27.8 Å². The second-order valence-electron chi connectivity index (χ2n) is 6.12. The first-order valence-electron chi connectivity index (χ1n) is 8.14. The Bertz CT molecular complexity index is 834. The summed E-state index contributed by atoms with van der Waals surface area (Å²) in [5.74, 6) is -2.51. The smallest absolute Gasteiger partial charge is 0.356 e. The number of nitrogens with zero attached hydrogens (tertiary/aromatic N) is 3. The van der Waals surface area contributed by atoms with Crippen LogP contribution in [0, 0.1) is 11.6 Å². The highest BCUT2D eigenvalue weighted by Crippen LogP contribution is 2.29. The highest BCUT2D eigenvalue weighted by Gasteiger charge is 2.33. The van der Waals surface area contributed by atoms with E-state index in [2.05, 4.69) is 15.3 Å². The molecule has 0 atom stereocenters. The van der Waals surface area contributed by atoms with E-state index in [9.17, 15) is 26.7 Å². The van der Waals surface area contributed by atoms with E-state index in [1.807, 2.05) is 0 Å². The molecule has 0 aliphatic carbocycles. The van der Waals surface area contributed by atoms with E-state index in [0.717, 1.165) is 24.5 Å². The van der Waals surface area contributed by atoms with Crippen molar-refractivity contribution in [2.24, 2.45) is 0 Å². The molecule has 27 heavy (non-hydrogen) atoms. The van der Waals surface area contributed by atoms with Crippen molar-refractivity contribution in [1.29, 1.82) is 0 Å². The van der Waals surface area contributed by atoms with Crippen LogP contribution in [0.1, 0.15) is 28.9 Å². The number of nitrogens with one attached hydrogen (secondary N) is 1. The normalized spacial score (nSPS) is 15.7. The summed E-state index contributed by atoms with van der Waals surface area (Å²) in [6, 6.07) is 3.54. The molecule has 2 heterocycles. The molecule has 0 saturated carbocycles. The van der Waals surface area contributed by atoms with Crippen molar-refractivity contribution in [1.82, 2.24) is 15.3 Å². The molecule has 0 unspecified atom stereocenters. The molecule has 3 rings (SSSR count). The summed E-state index contributed by atoms with van der Waals surface area (Å²) in [6.45, 7) is 0.772. The molecular formula is C17H15F5N4O. The summed E-state index contributed by atoms with van der Waals surface area (Å²) in [7, 11) is 0. The molecule has 0 bridgehead atoms. The predicted molar refractivity (Wildman–Crippen MR) is 86.1 cm³/mol. The predicted octanol–water partition coefficient (Wildman–Crippen LogP) is 3.17. The molecular weight excluding hydrogens is 371 g/mol. The van der Waals surface area contributed by atoms with Crippen LogP contribution in [-0.2, 0) is 6.18 Å². The number of amides is 1. The van der Waals surface area contributed by atoms with Crippen LogP contribution in [0.3, 0.4) is 0 Å². The number of hydrogen-bond donors (Lipinski definition) is 1. The minimum atomic E-state index is -4.55. The van der Waals surface area contributed by atoms with Gasteiger partial charge in [0.2, 0.25) is 0 Å². The number of carbonyl (C=O) groups excluding carboxylic acids is 1. The molecule has 144 valence electrons. The maximum atomic E-state index is 13.2. The molecule has 0 radical (unpaired) electrons. The fourth-order valence-corrected chi connectivity index (χ4v) is 2.83. The van der Waals surface area contributed by atoms with E-state index in [4.69, 9.17) is 0 Å². The van der Waals surface area contributed by atoms with Crippen LogP contribution < -0.4 is 10.2 Å². The standard InChI is InChI=1S/C17H15F5N4O/c18-12-2-1-10(7-13(12)19)16(27)25-11-3-5-26(6-4-11)15-8-14(17(20,21)22)23-9-24-15/h1-2,7-9,11H,3-6H2,(H,25,27). The second kappa shape index (κ2) is 7.45. The third kappa shape index (κ3) is 4.50. The van der Waals surface area contributed by atoms with Crippen molar-refractivity contribution in [2.75, 3.05) is 18.0 Å². The third-order valence-corrected chi connectivity index (χ3v) is 4.28. The van der Waals surface area contributed by atoms with Gasteiger partial charge in [-0.2, -0.15) is 13.2 Å². The van der Waals surface area contributed by atoms with Crippen LogP contribution >= 0.6 is 0 Å². The highest BCUT2D eigenvalue weighted by atomic mass is 19.4. The number of piperidine rings is 1. The zero-order valence-corrected chi connectivity index (χ0v) is 13.9. The Morgan fingerprint density at radius 1 is 1.07 bits per heavy atom. The van der Waals surface area contributed by atoms with E-state index in [1.165, 1.54) is 6.07 Å². The van der Waals surface area contributed by atoms with Gasteiger partial charge in [-0.15, -0.1) is 0 Å². The van der Waals surface area contributed by atoms with Gasteiger partial charge in [0.15, 0.2) is 11.6 Å². The lowest BCUT2D eigenvalue weighted by Gasteiger charge is -2.33. The SMILES string of the molecule is O=C(NC1CCN(c2cc(C(F)(F)F)ncn2)CC1)c1ccc(F)c(F)c1. The maximum absolute atomic E-state index is 13.2. The maximum Gasteiger partial charge on any atom is 0.433 e.